The molecule has 1 aliphatic rings. The van der Waals surface area contributed by atoms with E-state index in [0.29, 0.717) is 5.56 Å². The van der Waals surface area contributed by atoms with Crippen LogP contribution in [0.25, 0.3) is 6.08 Å². The quantitative estimate of drug-likeness (QED) is 0.826. The molecular weight excluding hydrogens is 249 g/mol. The number of benzene rings is 1. The van der Waals surface area contributed by atoms with Gasteiger partial charge in [0.25, 0.3) is 0 Å². The third-order valence-corrected chi connectivity index (χ3v) is 2.86. The van der Waals surface area contributed by atoms with E-state index in [1.165, 1.54) is 23.1 Å². The van der Waals surface area contributed by atoms with Crippen LogP contribution in [0.15, 0.2) is 30.3 Å². The summed E-state index contributed by atoms with van der Waals surface area (Å²) in [6.45, 7) is -0.280. The van der Waals surface area contributed by atoms with Crippen LogP contribution in [0.5, 0.6) is 0 Å². The van der Waals surface area contributed by atoms with Crippen molar-refractivity contribution in [1.29, 1.82) is 0 Å². The van der Waals surface area contributed by atoms with Gasteiger partial charge in [-0.15, -0.1) is 0 Å². The summed E-state index contributed by atoms with van der Waals surface area (Å²) in [6.07, 6.45) is 4.58. The van der Waals surface area contributed by atoms with Gasteiger partial charge in [-0.25, -0.2) is 4.39 Å². The topological polar surface area (TPSA) is 57.6 Å². The summed E-state index contributed by atoms with van der Waals surface area (Å²) >= 11 is 0. The second-order valence-corrected chi connectivity index (χ2v) is 4.48. The number of carbonyl (C=O) groups excluding carboxylic acids is 1. The second-order valence-electron chi connectivity index (χ2n) is 4.48. The molecule has 0 heterocycles. The van der Waals surface area contributed by atoms with Crippen LogP contribution in [0.2, 0.25) is 0 Å². The van der Waals surface area contributed by atoms with Gasteiger partial charge in [-0.05, 0) is 36.6 Å². The highest BCUT2D eigenvalue weighted by Gasteiger charge is 2.32. The largest absolute Gasteiger partial charge is 0.480 e. The predicted molar refractivity (Wildman–Crippen MR) is 67.8 cm³/mol. The minimum atomic E-state index is -1.02. The molecule has 5 heteroatoms. The maximum Gasteiger partial charge on any atom is 0.323 e. The van der Waals surface area contributed by atoms with Crippen molar-refractivity contribution in [2.75, 3.05) is 6.54 Å². The van der Waals surface area contributed by atoms with Crippen LogP contribution < -0.4 is 0 Å². The first kappa shape index (κ1) is 13.3. The minimum Gasteiger partial charge on any atom is -0.480 e. The van der Waals surface area contributed by atoms with E-state index in [0.717, 1.165) is 12.8 Å². The molecule has 1 amide bonds. The molecule has 0 saturated heterocycles. The highest BCUT2D eigenvalue weighted by Crippen LogP contribution is 2.26. The molecule has 100 valence electrons. The van der Waals surface area contributed by atoms with Crippen LogP contribution in [0.3, 0.4) is 0 Å². The van der Waals surface area contributed by atoms with Crippen molar-refractivity contribution in [2.45, 2.75) is 18.9 Å². The molecule has 1 aliphatic carbocycles. The average molecular weight is 263 g/mol. The molecule has 0 unspecified atom stereocenters. The monoisotopic (exact) mass is 263 g/mol. The third-order valence-electron chi connectivity index (χ3n) is 2.86. The second kappa shape index (κ2) is 5.65. The van der Waals surface area contributed by atoms with Crippen LogP contribution in [0.1, 0.15) is 18.4 Å². The average Bonchev–Trinajstić information content (AvgIpc) is 3.19. The van der Waals surface area contributed by atoms with Gasteiger partial charge in [0.05, 0.1) is 0 Å². The van der Waals surface area contributed by atoms with E-state index < -0.39 is 5.97 Å². The zero-order valence-corrected chi connectivity index (χ0v) is 10.3. The van der Waals surface area contributed by atoms with Crippen LogP contribution in [-0.4, -0.2) is 34.5 Å². The summed E-state index contributed by atoms with van der Waals surface area (Å²) in [5.74, 6) is -1.68. The van der Waals surface area contributed by atoms with Gasteiger partial charge in [0.2, 0.25) is 5.91 Å². The Hall–Kier alpha value is -2.17. The fraction of sp³-hybridized carbons (Fsp3) is 0.286. The number of nitrogens with zero attached hydrogens (tertiary/aromatic N) is 1. The van der Waals surface area contributed by atoms with Crippen molar-refractivity contribution in [2.24, 2.45) is 0 Å². The molecule has 0 aromatic heterocycles. The van der Waals surface area contributed by atoms with E-state index >= 15 is 0 Å². The van der Waals surface area contributed by atoms with Crippen LogP contribution in [-0.2, 0) is 9.59 Å². The van der Waals surface area contributed by atoms with Crippen molar-refractivity contribution >= 4 is 18.0 Å². The Balaban J connectivity index is 2.01. The van der Waals surface area contributed by atoms with E-state index in [-0.39, 0.29) is 24.3 Å². The Morgan fingerprint density at radius 2 is 1.95 bits per heavy atom. The number of rotatable bonds is 5. The fourth-order valence-corrected chi connectivity index (χ4v) is 1.76. The Morgan fingerprint density at radius 3 is 2.47 bits per heavy atom. The normalized spacial score (nSPS) is 14.6. The summed E-state index contributed by atoms with van der Waals surface area (Å²) in [5, 5.41) is 8.77. The molecule has 0 aliphatic heterocycles. The maximum absolute atomic E-state index is 12.7. The predicted octanol–water partition coefficient (Wildman–Crippen LogP) is 1.91. The van der Waals surface area contributed by atoms with Crippen molar-refractivity contribution in [1.82, 2.24) is 4.90 Å². The van der Waals surface area contributed by atoms with Gasteiger partial charge in [0.15, 0.2) is 0 Å². The zero-order valence-electron chi connectivity index (χ0n) is 10.3. The highest BCUT2D eigenvalue weighted by atomic mass is 19.1. The molecule has 19 heavy (non-hydrogen) atoms. The first-order valence-electron chi connectivity index (χ1n) is 6.02. The van der Waals surface area contributed by atoms with Crippen molar-refractivity contribution in [3.8, 4) is 0 Å². The number of aliphatic carboxylic acids is 1. The van der Waals surface area contributed by atoms with Gasteiger partial charge in [-0.1, -0.05) is 12.1 Å². The van der Waals surface area contributed by atoms with Gasteiger partial charge >= 0.3 is 5.97 Å². The van der Waals surface area contributed by atoms with Crippen LogP contribution in [0.4, 0.5) is 4.39 Å². The van der Waals surface area contributed by atoms with E-state index in [9.17, 15) is 14.0 Å². The van der Waals surface area contributed by atoms with Crippen molar-refractivity contribution in [3.05, 3.63) is 41.7 Å². The van der Waals surface area contributed by atoms with Crippen LogP contribution in [0, 0.1) is 5.82 Å². The van der Waals surface area contributed by atoms with Crippen molar-refractivity contribution < 1.29 is 19.1 Å². The molecule has 1 N–H and O–H groups in total. The number of carboxylic acids is 1. The first-order chi connectivity index (χ1) is 9.06. The third kappa shape index (κ3) is 3.91. The van der Waals surface area contributed by atoms with Gasteiger partial charge < -0.3 is 10.0 Å². The number of amides is 1. The van der Waals surface area contributed by atoms with Gasteiger partial charge in [0, 0.05) is 12.1 Å². The first-order valence-corrected chi connectivity index (χ1v) is 6.02. The SMILES string of the molecule is O=C(O)CN(C(=O)/C=C/c1ccc(F)cc1)C1CC1. The Bertz CT molecular complexity index is 506. The fourth-order valence-electron chi connectivity index (χ4n) is 1.76. The molecule has 0 radical (unpaired) electrons. The Labute approximate surface area is 110 Å². The lowest BCUT2D eigenvalue weighted by Gasteiger charge is -2.17. The van der Waals surface area contributed by atoms with E-state index in [4.69, 9.17) is 5.11 Å². The van der Waals surface area contributed by atoms with Gasteiger partial charge in [-0.3, -0.25) is 9.59 Å². The molecule has 2 rings (SSSR count). The molecule has 0 spiro atoms. The maximum atomic E-state index is 12.7. The molecule has 0 atom stereocenters. The lowest BCUT2D eigenvalue weighted by molar-refractivity contribution is -0.143. The van der Waals surface area contributed by atoms with E-state index in [1.54, 1.807) is 18.2 Å². The van der Waals surface area contributed by atoms with E-state index in [2.05, 4.69) is 0 Å². The van der Waals surface area contributed by atoms with Crippen molar-refractivity contribution in [3.63, 3.8) is 0 Å². The summed E-state index contributed by atoms with van der Waals surface area (Å²) in [4.78, 5) is 24.0. The minimum absolute atomic E-state index is 0.0430. The summed E-state index contributed by atoms with van der Waals surface area (Å²) in [6, 6.07) is 5.76. The van der Waals surface area contributed by atoms with E-state index in [1.807, 2.05) is 0 Å². The number of hydrogen-bond acceptors (Lipinski definition) is 2. The standard InChI is InChI=1S/C14H14FNO3/c15-11-4-1-10(2-5-11)3-8-13(17)16(9-14(18)19)12-6-7-12/h1-5,8,12H,6-7,9H2,(H,18,19)/b8-3+. The molecule has 1 fully saturated rings. The molecule has 4 nitrogen and oxygen atoms in total. The molecule has 1 saturated carbocycles. The molecular formula is C14H14FNO3. The molecule has 1 aromatic rings. The van der Waals surface area contributed by atoms with Gasteiger partial charge in [-0.2, -0.15) is 0 Å². The lowest BCUT2D eigenvalue weighted by atomic mass is 10.2. The number of hydrogen-bond donors (Lipinski definition) is 1. The molecule has 0 bridgehead atoms. The lowest BCUT2D eigenvalue weighted by Crippen LogP contribution is -2.36. The Morgan fingerprint density at radius 1 is 1.32 bits per heavy atom. The smallest absolute Gasteiger partial charge is 0.323 e. The Kier molecular flexibility index (Phi) is 3.94. The molecule has 1 aromatic carbocycles. The number of halogens is 1. The van der Waals surface area contributed by atoms with Gasteiger partial charge in [0.1, 0.15) is 12.4 Å². The summed E-state index contributed by atoms with van der Waals surface area (Å²) in [7, 11) is 0. The summed E-state index contributed by atoms with van der Waals surface area (Å²) < 4.78 is 12.7. The highest BCUT2D eigenvalue weighted by molar-refractivity contribution is 5.94. The van der Waals surface area contributed by atoms with Crippen LogP contribution >= 0.6 is 0 Å². The number of carbonyl (C=O) groups is 2. The number of carboxylic acid groups (broad SMARTS) is 1. The summed E-state index contributed by atoms with van der Waals surface area (Å²) in [5.41, 5.74) is 0.695. The zero-order chi connectivity index (χ0) is 13.8.